The van der Waals surface area contributed by atoms with Crippen LogP contribution in [0.3, 0.4) is 0 Å². The maximum Gasteiger partial charge on any atom is 0.00920 e. The Kier molecular flexibility index (Phi) is 5.41. The summed E-state index contributed by atoms with van der Waals surface area (Å²) in [4.78, 5) is 0. The van der Waals surface area contributed by atoms with Gasteiger partial charge in [0.2, 0.25) is 0 Å². The fraction of sp³-hybridized carbons (Fsp3) is 0.667. The highest BCUT2D eigenvalue weighted by Gasteiger charge is 2.28. The molecule has 0 radical (unpaired) electrons. The Morgan fingerprint density at radius 1 is 0.682 bits per heavy atom. The molecule has 0 bridgehead atoms. The molecule has 1 aromatic rings. The van der Waals surface area contributed by atoms with Crippen molar-refractivity contribution in [1.82, 2.24) is 0 Å². The zero-order chi connectivity index (χ0) is 17.5. The van der Waals surface area contributed by atoms with Crippen LogP contribution < -0.4 is 5.30 Å². The monoisotopic (exact) mass is 318 g/mol. The van der Waals surface area contributed by atoms with Crippen molar-refractivity contribution < 1.29 is 0 Å². The molecule has 0 aliphatic rings. The lowest BCUT2D eigenvalue weighted by molar-refractivity contribution is 0.554. The van der Waals surface area contributed by atoms with E-state index in [1.54, 1.807) is 0 Å². The van der Waals surface area contributed by atoms with Crippen LogP contribution in [0.25, 0.3) is 0 Å². The molecule has 1 aromatic carbocycles. The Balaban J connectivity index is 3.91. The van der Waals surface area contributed by atoms with Crippen molar-refractivity contribution >= 4 is 18.8 Å². The van der Waals surface area contributed by atoms with Gasteiger partial charge in [0.15, 0.2) is 0 Å². The lowest BCUT2D eigenvalue weighted by Crippen LogP contribution is -2.30. The second kappa shape index (κ2) is 6.12. The average Bonchev–Trinajstić information content (AvgIpc) is 2.23. The first-order valence-electron chi connectivity index (χ1n) is 8.35. The van der Waals surface area contributed by atoms with Crippen LogP contribution in [-0.2, 0) is 16.2 Å². The summed E-state index contributed by atoms with van der Waals surface area (Å²) in [6.45, 7) is 25.4. The van der Waals surface area contributed by atoms with Crippen molar-refractivity contribution in [2.75, 3.05) is 0 Å². The second-order valence-corrected chi connectivity index (χ2v) is 11.3. The van der Waals surface area contributed by atoms with Crippen LogP contribution in [0.15, 0.2) is 12.1 Å². The topological polar surface area (TPSA) is 0 Å². The van der Waals surface area contributed by atoms with E-state index in [1.807, 2.05) is 0 Å². The van der Waals surface area contributed by atoms with Gasteiger partial charge in [-0.05, 0) is 52.1 Å². The lowest BCUT2D eigenvalue weighted by Gasteiger charge is -2.32. The van der Waals surface area contributed by atoms with Gasteiger partial charge in [-0.1, -0.05) is 82.7 Å². The van der Waals surface area contributed by atoms with E-state index in [0.717, 1.165) is 0 Å². The number of hydrogen-bond donors (Lipinski definition) is 0. The van der Waals surface area contributed by atoms with Gasteiger partial charge in [0, 0.05) is 5.30 Å². The van der Waals surface area contributed by atoms with Crippen LogP contribution in [0.4, 0.5) is 0 Å². The Morgan fingerprint density at radius 3 is 1.27 bits per heavy atom. The number of benzene rings is 1. The Labute approximate surface area is 140 Å². The summed E-state index contributed by atoms with van der Waals surface area (Å²) in [6, 6.07) is 4.92. The van der Waals surface area contributed by atoms with E-state index in [9.17, 15) is 0 Å². The minimum atomic E-state index is 0.166. The standard InChI is InChI=1S/C21H35P/c1-14(2)22-18-16(20(6,7)8)12-15(19(3,4)5)13-17(18)21(9,10)11/h12-13H,1-11H3. The SMILES string of the molecule is CC(C)=Pc1c(C(C)(C)C)cc(C(C)(C)C)cc1C(C)(C)C. The van der Waals surface area contributed by atoms with Crippen molar-refractivity contribution in [3.05, 3.63) is 28.8 Å². The molecule has 0 N–H and O–H groups in total. The van der Waals surface area contributed by atoms with E-state index in [1.165, 1.54) is 35.5 Å². The molecule has 124 valence electrons. The maximum absolute atomic E-state index is 2.46. The largest absolute Gasteiger partial charge is 0.0693 e. The summed E-state index contributed by atoms with van der Waals surface area (Å²) in [5.41, 5.74) is 4.98. The van der Waals surface area contributed by atoms with Crippen molar-refractivity contribution in [2.45, 2.75) is 92.4 Å². The van der Waals surface area contributed by atoms with Crippen LogP contribution in [0.2, 0.25) is 0 Å². The molecule has 0 amide bonds. The van der Waals surface area contributed by atoms with Crippen molar-refractivity contribution in [1.29, 1.82) is 0 Å². The van der Waals surface area contributed by atoms with Gasteiger partial charge < -0.3 is 0 Å². The normalized spacial score (nSPS) is 13.6. The quantitative estimate of drug-likeness (QED) is 0.528. The van der Waals surface area contributed by atoms with Gasteiger partial charge in [-0.2, -0.15) is 0 Å². The maximum atomic E-state index is 2.46. The number of hydrogen-bond acceptors (Lipinski definition) is 0. The molecule has 1 heteroatoms. The van der Waals surface area contributed by atoms with Crippen molar-refractivity contribution in [3.63, 3.8) is 0 Å². The summed E-state index contributed by atoms with van der Waals surface area (Å²) in [5.74, 6) is 0. The summed E-state index contributed by atoms with van der Waals surface area (Å²) in [7, 11) is 1.37. The zero-order valence-electron chi connectivity index (χ0n) is 16.6. The molecule has 1 rings (SSSR count). The predicted molar refractivity (Wildman–Crippen MR) is 105 cm³/mol. The van der Waals surface area contributed by atoms with Gasteiger partial charge in [0.25, 0.3) is 0 Å². The first-order chi connectivity index (χ1) is 9.64. The highest BCUT2D eigenvalue weighted by atomic mass is 31.1. The van der Waals surface area contributed by atoms with Crippen molar-refractivity contribution in [2.24, 2.45) is 0 Å². The molecule has 22 heavy (non-hydrogen) atoms. The molecule has 0 saturated carbocycles. The number of rotatable bonds is 1. The van der Waals surface area contributed by atoms with Crippen LogP contribution in [0.1, 0.15) is 92.9 Å². The lowest BCUT2D eigenvalue weighted by atomic mass is 9.75. The molecule has 0 nitrogen and oxygen atoms in total. The molecule has 0 saturated heterocycles. The molecule has 0 aliphatic heterocycles. The first kappa shape index (κ1) is 19.4. The van der Waals surface area contributed by atoms with E-state index in [0.29, 0.717) is 0 Å². The molecular weight excluding hydrogens is 283 g/mol. The van der Waals surface area contributed by atoms with Crippen LogP contribution in [-0.4, -0.2) is 5.29 Å². The summed E-state index contributed by atoms with van der Waals surface area (Å²) in [6.07, 6.45) is 0. The van der Waals surface area contributed by atoms with E-state index in [4.69, 9.17) is 0 Å². The molecule has 0 atom stereocenters. The summed E-state index contributed by atoms with van der Waals surface area (Å²) < 4.78 is 0. The van der Waals surface area contributed by atoms with Crippen molar-refractivity contribution in [3.8, 4) is 0 Å². The Bertz CT molecular complexity index is 530. The zero-order valence-corrected chi connectivity index (χ0v) is 17.5. The highest BCUT2D eigenvalue weighted by Crippen LogP contribution is 2.35. The van der Waals surface area contributed by atoms with Gasteiger partial charge in [0.1, 0.15) is 0 Å². The minimum Gasteiger partial charge on any atom is -0.0693 e. The third-order valence-electron chi connectivity index (χ3n) is 3.93. The molecule has 0 aromatic heterocycles. The molecule has 0 heterocycles. The fourth-order valence-corrected chi connectivity index (χ4v) is 4.04. The van der Waals surface area contributed by atoms with E-state index >= 15 is 0 Å². The Morgan fingerprint density at radius 2 is 1.05 bits per heavy atom. The molecule has 0 spiro atoms. The first-order valence-corrected chi connectivity index (χ1v) is 9.25. The van der Waals surface area contributed by atoms with E-state index < -0.39 is 0 Å². The molecule has 0 unspecified atom stereocenters. The van der Waals surface area contributed by atoms with Gasteiger partial charge >= 0.3 is 0 Å². The third kappa shape index (κ3) is 4.69. The van der Waals surface area contributed by atoms with E-state index in [2.05, 4.69) is 88.3 Å². The van der Waals surface area contributed by atoms with Gasteiger partial charge in [-0.3, -0.25) is 0 Å². The van der Waals surface area contributed by atoms with Gasteiger partial charge in [-0.25, -0.2) is 0 Å². The molecular formula is C21H35P. The summed E-state index contributed by atoms with van der Waals surface area (Å²) >= 11 is 0. The highest BCUT2D eigenvalue weighted by molar-refractivity contribution is 7.49. The smallest absolute Gasteiger partial charge is 0.00920 e. The van der Waals surface area contributed by atoms with Gasteiger partial charge in [0.05, 0.1) is 0 Å². The molecule has 0 fully saturated rings. The summed E-state index contributed by atoms with van der Waals surface area (Å²) in [5, 5.41) is 2.98. The minimum absolute atomic E-state index is 0.166. The second-order valence-electron chi connectivity index (χ2n) is 9.73. The molecule has 0 aliphatic carbocycles. The third-order valence-corrected chi connectivity index (χ3v) is 5.08. The average molecular weight is 318 g/mol. The van der Waals surface area contributed by atoms with E-state index in [-0.39, 0.29) is 16.2 Å². The predicted octanol–water partition coefficient (Wildman–Crippen LogP) is 6.36. The Hall–Kier alpha value is -0.610. The fourth-order valence-electron chi connectivity index (χ4n) is 2.55. The van der Waals surface area contributed by atoms with Gasteiger partial charge in [-0.15, -0.1) is 0 Å². The van der Waals surface area contributed by atoms with Crippen LogP contribution in [0.5, 0.6) is 0 Å². The van der Waals surface area contributed by atoms with Crippen LogP contribution in [0, 0.1) is 0 Å². The van der Waals surface area contributed by atoms with Crippen LogP contribution >= 0.6 is 8.20 Å².